The Labute approximate surface area is 100 Å². The molecule has 92 valence electrons. The molecule has 6 nitrogen and oxygen atoms in total. The topological polar surface area (TPSA) is 67.4 Å². The summed E-state index contributed by atoms with van der Waals surface area (Å²) in [6.07, 6.45) is 3.38. The van der Waals surface area contributed by atoms with Crippen molar-refractivity contribution in [2.45, 2.75) is 12.5 Å². The second-order valence-corrected chi connectivity index (χ2v) is 4.13. The lowest BCUT2D eigenvalue weighted by atomic mass is 10.0. The molecular weight excluding hydrogens is 220 g/mol. The Balaban J connectivity index is 2.15. The monoisotopic (exact) mass is 236 g/mol. The zero-order valence-electron chi connectivity index (χ0n) is 10.0. The van der Waals surface area contributed by atoms with E-state index in [0.717, 1.165) is 0 Å². The van der Waals surface area contributed by atoms with Crippen LogP contribution in [0.4, 0.5) is 5.95 Å². The van der Waals surface area contributed by atoms with E-state index >= 15 is 0 Å². The number of carbonyl (C=O) groups excluding carboxylic acids is 1. The molecule has 1 saturated heterocycles. The Hall–Kier alpha value is -1.69. The Kier molecular flexibility index (Phi) is 3.23. The molecule has 1 aromatic rings. The van der Waals surface area contributed by atoms with Gasteiger partial charge in [0.25, 0.3) is 5.91 Å². The van der Waals surface area contributed by atoms with Crippen molar-refractivity contribution < 1.29 is 9.53 Å². The predicted molar refractivity (Wildman–Crippen MR) is 62.7 cm³/mol. The molecule has 6 heteroatoms. The summed E-state index contributed by atoms with van der Waals surface area (Å²) in [6, 6.07) is 1.77. The van der Waals surface area contributed by atoms with Crippen molar-refractivity contribution in [3.05, 3.63) is 18.5 Å². The van der Waals surface area contributed by atoms with Gasteiger partial charge in [0, 0.05) is 26.0 Å². The first kappa shape index (κ1) is 11.8. The predicted octanol–water partition coefficient (Wildman–Crippen LogP) is -0.182. The molecule has 2 rings (SSSR count). The van der Waals surface area contributed by atoms with E-state index in [9.17, 15) is 4.79 Å². The van der Waals surface area contributed by atoms with E-state index < -0.39 is 5.60 Å². The molecule has 2 heterocycles. The molecule has 0 spiro atoms. The lowest BCUT2D eigenvalue weighted by molar-refractivity contribution is -0.145. The smallest absolute Gasteiger partial charge is 0.253 e. The van der Waals surface area contributed by atoms with E-state index in [-0.39, 0.29) is 5.91 Å². The number of nitrogens with one attached hydrogen (secondary N) is 1. The third-order valence-corrected chi connectivity index (χ3v) is 2.82. The standard InChI is InChI=1S/C11H16N4O2/c1-11(9(16)12-2)8-15(6-7-17-11)10-13-4-3-5-14-10/h3-5H,6-8H2,1-2H3,(H,12,16)/t11-/m0/s1. The van der Waals surface area contributed by atoms with Crippen molar-refractivity contribution in [3.63, 3.8) is 0 Å². The quantitative estimate of drug-likeness (QED) is 0.771. The van der Waals surface area contributed by atoms with Crippen molar-refractivity contribution >= 4 is 11.9 Å². The maximum atomic E-state index is 11.8. The molecular formula is C11H16N4O2. The Morgan fingerprint density at radius 1 is 1.53 bits per heavy atom. The number of morpholine rings is 1. The van der Waals surface area contributed by atoms with Gasteiger partial charge in [-0.15, -0.1) is 0 Å². The number of carbonyl (C=O) groups is 1. The molecule has 0 radical (unpaired) electrons. The molecule has 1 aliphatic heterocycles. The van der Waals surface area contributed by atoms with Gasteiger partial charge in [0.1, 0.15) is 0 Å². The zero-order chi connectivity index (χ0) is 12.3. The van der Waals surface area contributed by atoms with Gasteiger partial charge in [-0.1, -0.05) is 0 Å². The average Bonchev–Trinajstić information content (AvgIpc) is 2.39. The summed E-state index contributed by atoms with van der Waals surface area (Å²) in [5.41, 5.74) is -0.841. The highest BCUT2D eigenvalue weighted by molar-refractivity contribution is 5.85. The van der Waals surface area contributed by atoms with E-state index in [4.69, 9.17) is 4.74 Å². The van der Waals surface area contributed by atoms with Gasteiger partial charge in [-0.25, -0.2) is 9.97 Å². The van der Waals surface area contributed by atoms with E-state index in [1.807, 2.05) is 4.90 Å². The molecule has 17 heavy (non-hydrogen) atoms. The van der Waals surface area contributed by atoms with Gasteiger partial charge in [0.2, 0.25) is 5.95 Å². The molecule has 0 aliphatic carbocycles. The number of amides is 1. The molecule has 1 amide bonds. The summed E-state index contributed by atoms with van der Waals surface area (Å²) < 4.78 is 5.56. The Bertz CT molecular complexity index is 398. The number of likely N-dealkylation sites (N-methyl/N-ethyl adjacent to an activating group) is 1. The summed E-state index contributed by atoms with van der Waals surface area (Å²) in [5, 5.41) is 2.62. The van der Waals surface area contributed by atoms with Crippen LogP contribution >= 0.6 is 0 Å². The highest BCUT2D eigenvalue weighted by Gasteiger charge is 2.39. The van der Waals surface area contributed by atoms with E-state index in [1.54, 1.807) is 32.4 Å². The SMILES string of the molecule is CNC(=O)[C@]1(C)CN(c2ncccn2)CCO1. The summed E-state index contributed by atoms with van der Waals surface area (Å²) in [7, 11) is 1.61. The fourth-order valence-electron chi connectivity index (χ4n) is 1.90. The number of ether oxygens (including phenoxy) is 1. The number of rotatable bonds is 2. The van der Waals surface area contributed by atoms with Crippen LogP contribution in [-0.4, -0.2) is 48.2 Å². The van der Waals surface area contributed by atoms with Crippen LogP contribution in [0.15, 0.2) is 18.5 Å². The number of aromatic nitrogens is 2. The van der Waals surface area contributed by atoms with Crippen LogP contribution in [-0.2, 0) is 9.53 Å². The van der Waals surface area contributed by atoms with Gasteiger partial charge in [0.05, 0.1) is 13.2 Å². The van der Waals surface area contributed by atoms with Crippen LogP contribution in [0.1, 0.15) is 6.92 Å². The van der Waals surface area contributed by atoms with Gasteiger partial charge in [-0.2, -0.15) is 0 Å². The molecule has 1 aromatic heterocycles. The molecule has 1 aliphatic rings. The van der Waals surface area contributed by atoms with E-state index in [1.165, 1.54) is 0 Å². The van der Waals surface area contributed by atoms with Gasteiger partial charge in [-0.05, 0) is 13.0 Å². The van der Waals surface area contributed by atoms with Gasteiger partial charge in [-0.3, -0.25) is 4.79 Å². The first-order chi connectivity index (χ1) is 8.15. The number of nitrogens with zero attached hydrogens (tertiary/aromatic N) is 3. The Morgan fingerprint density at radius 2 is 2.24 bits per heavy atom. The van der Waals surface area contributed by atoms with Crippen LogP contribution in [0.25, 0.3) is 0 Å². The third kappa shape index (κ3) is 2.36. The normalized spacial score (nSPS) is 24.5. The molecule has 0 saturated carbocycles. The summed E-state index contributed by atoms with van der Waals surface area (Å²) in [4.78, 5) is 22.1. The lowest BCUT2D eigenvalue weighted by Crippen LogP contribution is -2.58. The fourth-order valence-corrected chi connectivity index (χ4v) is 1.90. The minimum atomic E-state index is -0.841. The fraction of sp³-hybridized carbons (Fsp3) is 0.545. The highest BCUT2D eigenvalue weighted by Crippen LogP contribution is 2.20. The molecule has 1 atom stereocenters. The van der Waals surface area contributed by atoms with Crippen LogP contribution in [0.3, 0.4) is 0 Å². The minimum Gasteiger partial charge on any atom is -0.362 e. The highest BCUT2D eigenvalue weighted by atomic mass is 16.5. The van der Waals surface area contributed by atoms with Crippen molar-refractivity contribution in [2.75, 3.05) is 31.6 Å². The van der Waals surface area contributed by atoms with Crippen LogP contribution in [0.2, 0.25) is 0 Å². The maximum Gasteiger partial charge on any atom is 0.253 e. The third-order valence-electron chi connectivity index (χ3n) is 2.82. The summed E-state index contributed by atoms with van der Waals surface area (Å²) in [6.45, 7) is 3.41. The largest absolute Gasteiger partial charge is 0.362 e. The van der Waals surface area contributed by atoms with Crippen LogP contribution < -0.4 is 10.2 Å². The second kappa shape index (κ2) is 4.67. The molecule has 0 aromatic carbocycles. The first-order valence-electron chi connectivity index (χ1n) is 5.54. The van der Waals surface area contributed by atoms with Crippen molar-refractivity contribution in [1.29, 1.82) is 0 Å². The minimum absolute atomic E-state index is 0.127. The first-order valence-corrected chi connectivity index (χ1v) is 5.54. The van der Waals surface area contributed by atoms with E-state index in [2.05, 4.69) is 15.3 Å². The van der Waals surface area contributed by atoms with Gasteiger partial charge < -0.3 is 15.0 Å². The van der Waals surface area contributed by atoms with Gasteiger partial charge in [0.15, 0.2) is 5.60 Å². The lowest BCUT2D eigenvalue weighted by Gasteiger charge is -2.38. The summed E-state index contributed by atoms with van der Waals surface area (Å²) >= 11 is 0. The zero-order valence-corrected chi connectivity index (χ0v) is 10.0. The molecule has 0 unspecified atom stereocenters. The molecule has 1 fully saturated rings. The van der Waals surface area contributed by atoms with E-state index in [0.29, 0.717) is 25.6 Å². The Morgan fingerprint density at radius 3 is 2.88 bits per heavy atom. The van der Waals surface area contributed by atoms with Gasteiger partial charge >= 0.3 is 0 Å². The van der Waals surface area contributed by atoms with Crippen molar-refractivity contribution in [3.8, 4) is 0 Å². The summed E-state index contributed by atoms with van der Waals surface area (Å²) in [5.74, 6) is 0.504. The van der Waals surface area contributed by atoms with Crippen molar-refractivity contribution in [1.82, 2.24) is 15.3 Å². The number of anilines is 1. The average molecular weight is 236 g/mol. The maximum absolute atomic E-state index is 11.8. The van der Waals surface area contributed by atoms with Crippen LogP contribution in [0.5, 0.6) is 0 Å². The molecule has 1 N–H and O–H groups in total. The number of hydrogen-bond acceptors (Lipinski definition) is 5. The number of hydrogen-bond donors (Lipinski definition) is 1. The van der Waals surface area contributed by atoms with Crippen molar-refractivity contribution in [2.24, 2.45) is 0 Å². The van der Waals surface area contributed by atoms with Crippen LogP contribution in [0, 0.1) is 0 Å². The second-order valence-electron chi connectivity index (χ2n) is 4.13. The molecule has 0 bridgehead atoms.